The van der Waals surface area contributed by atoms with E-state index in [0.29, 0.717) is 0 Å². The molecule has 0 heterocycles. The topological polar surface area (TPSA) is 72.2 Å². The summed E-state index contributed by atoms with van der Waals surface area (Å²) in [6.45, 7) is 1.82. The molecule has 1 aromatic rings. The quantitative estimate of drug-likeness (QED) is 0.525. The lowest BCUT2D eigenvalue weighted by Crippen LogP contribution is -2.15. The van der Waals surface area contributed by atoms with Gasteiger partial charge in [-0.25, -0.2) is 0 Å². The number of nitro groups is 1. The predicted molar refractivity (Wildman–Crippen MR) is 69.7 cm³/mol. The van der Waals surface area contributed by atoms with Gasteiger partial charge in [-0.2, -0.15) is 0 Å². The maximum atomic E-state index is 11.5. The van der Waals surface area contributed by atoms with Gasteiger partial charge < -0.3 is 5.32 Å². The molecular formula is C10H10BrClN2O3. The van der Waals surface area contributed by atoms with E-state index >= 15 is 0 Å². The molecule has 5 nitrogen and oxygen atoms in total. The standard InChI is InChI=1S/C10H10BrClN2O3/c1-6(11)4-10(15)13-8-3-2-7(12)5-9(8)14(16)17/h2-3,5-6H,4H2,1H3,(H,13,15)/t6-/m1/s1. The van der Waals surface area contributed by atoms with Crippen LogP contribution in [0.4, 0.5) is 11.4 Å². The number of halogens is 2. The van der Waals surface area contributed by atoms with Crippen LogP contribution in [0, 0.1) is 10.1 Å². The molecule has 0 fully saturated rings. The van der Waals surface area contributed by atoms with Crippen LogP contribution in [0.1, 0.15) is 13.3 Å². The third kappa shape index (κ3) is 4.32. The molecule has 1 rings (SSSR count). The summed E-state index contributed by atoms with van der Waals surface area (Å²) in [6.07, 6.45) is 0.236. The highest BCUT2D eigenvalue weighted by Gasteiger charge is 2.16. The summed E-state index contributed by atoms with van der Waals surface area (Å²) in [6, 6.07) is 4.10. The molecular weight excluding hydrogens is 311 g/mol. The maximum Gasteiger partial charge on any atom is 0.294 e. The van der Waals surface area contributed by atoms with Crippen molar-refractivity contribution in [1.82, 2.24) is 0 Å². The highest BCUT2D eigenvalue weighted by Crippen LogP contribution is 2.27. The molecule has 17 heavy (non-hydrogen) atoms. The van der Waals surface area contributed by atoms with Gasteiger partial charge in [0.05, 0.1) is 4.92 Å². The molecule has 0 bridgehead atoms. The van der Waals surface area contributed by atoms with Crippen molar-refractivity contribution in [2.24, 2.45) is 0 Å². The summed E-state index contributed by atoms with van der Waals surface area (Å²) < 4.78 is 0. The van der Waals surface area contributed by atoms with Gasteiger partial charge in [-0.3, -0.25) is 14.9 Å². The Balaban J connectivity index is 2.91. The number of alkyl halides is 1. The number of hydrogen-bond donors (Lipinski definition) is 1. The molecule has 0 aliphatic carbocycles. The smallest absolute Gasteiger partial charge is 0.294 e. The van der Waals surface area contributed by atoms with E-state index in [2.05, 4.69) is 21.2 Å². The number of hydrogen-bond acceptors (Lipinski definition) is 3. The Morgan fingerprint density at radius 2 is 2.29 bits per heavy atom. The summed E-state index contributed by atoms with van der Waals surface area (Å²) >= 11 is 8.89. The first kappa shape index (κ1) is 13.9. The minimum atomic E-state index is -0.584. The van der Waals surface area contributed by atoms with Crippen molar-refractivity contribution < 1.29 is 9.72 Å². The fourth-order valence-electron chi connectivity index (χ4n) is 1.22. The molecule has 0 spiro atoms. The Hall–Kier alpha value is -1.14. The van der Waals surface area contributed by atoms with Gasteiger partial charge in [-0.1, -0.05) is 34.5 Å². The number of rotatable bonds is 4. The number of amides is 1. The lowest BCUT2D eigenvalue weighted by molar-refractivity contribution is -0.383. The van der Waals surface area contributed by atoms with Crippen LogP contribution >= 0.6 is 27.5 Å². The van der Waals surface area contributed by atoms with Crippen molar-refractivity contribution in [3.05, 3.63) is 33.3 Å². The molecule has 0 aliphatic rings. The molecule has 92 valence electrons. The second-order valence-corrected chi connectivity index (χ2v) is 5.45. The van der Waals surface area contributed by atoms with Crippen LogP contribution < -0.4 is 5.32 Å². The first-order chi connectivity index (χ1) is 7.90. The van der Waals surface area contributed by atoms with E-state index in [1.165, 1.54) is 18.2 Å². The highest BCUT2D eigenvalue weighted by molar-refractivity contribution is 9.09. The number of anilines is 1. The van der Waals surface area contributed by atoms with E-state index in [4.69, 9.17) is 11.6 Å². The van der Waals surface area contributed by atoms with Crippen LogP contribution in [0.5, 0.6) is 0 Å². The average molecular weight is 322 g/mol. The third-order valence-corrected chi connectivity index (χ3v) is 2.46. The number of carbonyl (C=O) groups excluding carboxylic acids is 1. The van der Waals surface area contributed by atoms with Crippen molar-refractivity contribution in [2.45, 2.75) is 18.2 Å². The monoisotopic (exact) mass is 320 g/mol. The van der Waals surface area contributed by atoms with Crippen molar-refractivity contribution in [3.63, 3.8) is 0 Å². The van der Waals surface area contributed by atoms with Gasteiger partial charge in [0.1, 0.15) is 5.69 Å². The van der Waals surface area contributed by atoms with E-state index < -0.39 is 4.92 Å². The Morgan fingerprint density at radius 3 is 2.82 bits per heavy atom. The molecule has 0 radical (unpaired) electrons. The molecule has 1 atom stereocenters. The van der Waals surface area contributed by atoms with Crippen molar-refractivity contribution in [2.75, 3.05) is 5.32 Å². The Bertz CT molecular complexity index is 451. The Kier molecular flexibility index (Phi) is 4.89. The minimum Gasteiger partial charge on any atom is -0.320 e. The Labute approximate surface area is 111 Å². The van der Waals surface area contributed by atoms with Gasteiger partial charge in [0.15, 0.2) is 0 Å². The van der Waals surface area contributed by atoms with E-state index in [9.17, 15) is 14.9 Å². The van der Waals surface area contributed by atoms with Crippen LogP contribution in [0.15, 0.2) is 18.2 Å². The van der Waals surface area contributed by atoms with Gasteiger partial charge in [-0.05, 0) is 12.1 Å². The van der Waals surface area contributed by atoms with Gasteiger partial charge in [0.2, 0.25) is 5.91 Å². The maximum absolute atomic E-state index is 11.5. The number of nitrogens with one attached hydrogen (secondary N) is 1. The van der Waals surface area contributed by atoms with Crippen LogP contribution in [-0.4, -0.2) is 15.7 Å². The molecule has 1 N–H and O–H groups in total. The average Bonchev–Trinajstić information content (AvgIpc) is 2.19. The van der Waals surface area contributed by atoms with Gasteiger partial charge in [0.25, 0.3) is 5.69 Å². The largest absolute Gasteiger partial charge is 0.320 e. The highest BCUT2D eigenvalue weighted by atomic mass is 79.9. The minimum absolute atomic E-state index is 0.00820. The van der Waals surface area contributed by atoms with Crippen molar-refractivity contribution in [3.8, 4) is 0 Å². The lowest BCUT2D eigenvalue weighted by atomic mass is 10.2. The van der Waals surface area contributed by atoms with E-state index in [1.807, 2.05) is 6.92 Å². The predicted octanol–water partition coefficient (Wildman–Crippen LogP) is 3.36. The zero-order valence-corrected chi connectivity index (χ0v) is 11.3. The normalized spacial score (nSPS) is 11.9. The van der Waals surface area contributed by atoms with Crippen LogP contribution in [0.3, 0.4) is 0 Å². The summed E-state index contributed by atoms with van der Waals surface area (Å²) in [5.41, 5.74) is -0.0642. The van der Waals surface area contributed by atoms with Gasteiger partial charge >= 0.3 is 0 Å². The van der Waals surface area contributed by atoms with Crippen molar-refractivity contribution >= 4 is 44.8 Å². The first-order valence-electron chi connectivity index (χ1n) is 4.78. The van der Waals surface area contributed by atoms with E-state index in [0.717, 1.165) is 0 Å². The fraction of sp³-hybridized carbons (Fsp3) is 0.300. The molecule has 0 unspecified atom stereocenters. The van der Waals surface area contributed by atoms with Crippen LogP contribution in [0.2, 0.25) is 5.02 Å². The first-order valence-corrected chi connectivity index (χ1v) is 6.07. The molecule has 7 heteroatoms. The molecule has 0 saturated carbocycles. The second kappa shape index (κ2) is 5.97. The van der Waals surface area contributed by atoms with Crippen LogP contribution in [0.25, 0.3) is 0 Å². The van der Waals surface area contributed by atoms with Crippen LogP contribution in [-0.2, 0) is 4.79 Å². The SMILES string of the molecule is C[C@@H](Br)CC(=O)Nc1ccc(Cl)cc1[N+](=O)[O-]. The summed E-state index contributed by atoms with van der Waals surface area (Å²) in [5, 5.41) is 13.5. The third-order valence-electron chi connectivity index (χ3n) is 1.90. The molecule has 0 aliphatic heterocycles. The molecule has 1 aromatic carbocycles. The van der Waals surface area contributed by atoms with Gasteiger partial charge in [-0.15, -0.1) is 0 Å². The second-order valence-electron chi connectivity index (χ2n) is 3.45. The zero-order valence-electron chi connectivity index (χ0n) is 8.94. The number of carbonyl (C=O) groups is 1. The zero-order chi connectivity index (χ0) is 13.0. The molecule has 1 amide bonds. The molecule has 0 aromatic heterocycles. The fourth-order valence-corrected chi connectivity index (χ4v) is 1.68. The summed E-state index contributed by atoms with van der Waals surface area (Å²) in [7, 11) is 0. The summed E-state index contributed by atoms with van der Waals surface area (Å²) in [4.78, 5) is 21.7. The number of nitro benzene ring substituents is 1. The molecule has 0 saturated heterocycles. The van der Waals surface area contributed by atoms with Crippen molar-refractivity contribution in [1.29, 1.82) is 0 Å². The van der Waals surface area contributed by atoms with Gasteiger partial charge in [0, 0.05) is 22.3 Å². The Morgan fingerprint density at radius 1 is 1.65 bits per heavy atom. The van der Waals surface area contributed by atoms with E-state index in [-0.39, 0.29) is 33.6 Å². The summed E-state index contributed by atoms with van der Waals surface area (Å²) in [5.74, 6) is -0.292. The number of nitrogens with zero attached hydrogens (tertiary/aromatic N) is 1. The lowest BCUT2D eigenvalue weighted by Gasteiger charge is -2.07. The van der Waals surface area contributed by atoms with E-state index in [1.54, 1.807) is 0 Å². The number of benzene rings is 1.